The van der Waals surface area contributed by atoms with Gasteiger partial charge in [0, 0.05) is 36.1 Å². The Hall–Kier alpha value is -1.06. The maximum Gasteiger partial charge on any atom is 0.222 e. The first-order valence-electron chi connectivity index (χ1n) is 7.69. The Bertz CT molecular complexity index is 466. The Morgan fingerprint density at radius 1 is 1.33 bits per heavy atom. The number of rotatable bonds is 5. The average molecular weight is 310 g/mol. The summed E-state index contributed by atoms with van der Waals surface area (Å²) in [5.41, 5.74) is 1.20. The van der Waals surface area contributed by atoms with Gasteiger partial charge in [-0.05, 0) is 37.0 Å². The molecule has 4 heteroatoms. The van der Waals surface area contributed by atoms with Gasteiger partial charge in [-0.25, -0.2) is 0 Å². The fraction of sp³-hybridized carbons (Fsp3) is 0.588. The summed E-state index contributed by atoms with van der Waals surface area (Å²) in [5, 5.41) is 3.87. The normalized spacial score (nSPS) is 19.0. The predicted octanol–water partition coefficient (Wildman–Crippen LogP) is 3.55. The standard InChI is InChI=1S/C17H24ClNO2/c1-3-13(2)16(20)19-12-17(8-10-21-11-9-17)14-4-6-15(18)7-5-14/h4-7,13H,3,8-12H2,1-2H3,(H,19,20). The molecule has 1 unspecified atom stereocenters. The Kier molecular flexibility index (Phi) is 5.65. The van der Waals surface area contributed by atoms with Crippen LogP contribution in [0, 0.1) is 5.92 Å². The smallest absolute Gasteiger partial charge is 0.222 e. The van der Waals surface area contributed by atoms with Gasteiger partial charge in [-0.3, -0.25) is 4.79 Å². The molecule has 0 aromatic heterocycles. The predicted molar refractivity (Wildman–Crippen MR) is 85.6 cm³/mol. The van der Waals surface area contributed by atoms with Crippen LogP contribution in [0.4, 0.5) is 0 Å². The van der Waals surface area contributed by atoms with Crippen molar-refractivity contribution >= 4 is 17.5 Å². The van der Waals surface area contributed by atoms with Crippen molar-refractivity contribution in [3.05, 3.63) is 34.9 Å². The number of ether oxygens (including phenoxy) is 1. The van der Waals surface area contributed by atoms with Crippen molar-refractivity contribution in [2.45, 2.75) is 38.5 Å². The van der Waals surface area contributed by atoms with Crippen LogP contribution in [0.1, 0.15) is 38.7 Å². The molecule has 1 atom stereocenters. The van der Waals surface area contributed by atoms with E-state index in [2.05, 4.69) is 17.4 Å². The van der Waals surface area contributed by atoms with Gasteiger partial charge in [-0.2, -0.15) is 0 Å². The molecule has 1 fully saturated rings. The Balaban J connectivity index is 2.13. The molecule has 116 valence electrons. The summed E-state index contributed by atoms with van der Waals surface area (Å²) < 4.78 is 5.51. The van der Waals surface area contributed by atoms with Gasteiger partial charge in [-0.15, -0.1) is 0 Å². The van der Waals surface area contributed by atoms with Gasteiger partial charge in [0.25, 0.3) is 0 Å². The summed E-state index contributed by atoms with van der Waals surface area (Å²) in [5.74, 6) is 0.199. The Morgan fingerprint density at radius 2 is 1.95 bits per heavy atom. The number of carbonyl (C=O) groups is 1. The van der Waals surface area contributed by atoms with Gasteiger partial charge in [0.2, 0.25) is 5.91 Å². The minimum Gasteiger partial charge on any atom is -0.381 e. The summed E-state index contributed by atoms with van der Waals surface area (Å²) in [4.78, 5) is 12.1. The molecule has 0 radical (unpaired) electrons. The highest BCUT2D eigenvalue weighted by Gasteiger charge is 2.35. The van der Waals surface area contributed by atoms with Crippen molar-refractivity contribution in [2.24, 2.45) is 5.92 Å². The van der Waals surface area contributed by atoms with Crippen LogP contribution >= 0.6 is 11.6 Å². The number of benzene rings is 1. The molecule has 1 amide bonds. The summed E-state index contributed by atoms with van der Waals surface area (Å²) in [6.07, 6.45) is 2.72. The highest BCUT2D eigenvalue weighted by molar-refractivity contribution is 6.30. The van der Waals surface area contributed by atoms with E-state index < -0.39 is 0 Å². The molecule has 1 aliphatic heterocycles. The highest BCUT2D eigenvalue weighted by Crippen LogP contribution is 2.35. The number of amides is 1. The van der Waals surface area contributed by atoms with Crippen LogP contribution in [0.2, 0.25) is 5.02 Å². The summed E-state index contributed by atoms with van der Waals surface area (Å²) >= 11 is 5.99. The Morgan fingerprint density at radius 3 is 2.52 bits per heavy atom. The number of halogens is 1. The van der Waals surface area contributed by atoms with E-state index in [1.165, 1.54) is 5.56 Å². The van der Waals surface area contributed by atoms with E-state index in [0.29, 0.717) is 6.54 Å². The molecule has 1 aliphatic rings. The summed E-state index contributed by atoms with van der Waals surface area (Å²) in [6, 6.07) is 7.99. The number of carbonyl (C=O) groups excluding carboxylic acids is 1. The number of nitrogens with one attached hydrogen (secondary N) is 1. The molecular weight excluding hydrogens is 286 g/mol. The van der Waals surface area contributed by atoms with Gasteiger partial charge in [0.1, 0.15) is 0 Å². The molecule has 1 N–H and O–H groups in total. The fourth-order valence-electron chi connectivity index (χ4n) is 2.75. The maximum absolute atomic E-state index is 12.1. The quantitative estimate of drug-likeness (QED) is 0.903. The second-order valence-corrected chi connectivity index (χ2v) is 6.36. The Labute approximate surface area is 132 Å². The molecular formula is C17H24ClNO2. The third kappa shape index (κ3) is 3.98. The first kappa shape index (κ1) is 16.3. The van der Waals surface area contributed by atoms with Crippen LogP contribution in [-0.2, 0) is 14.9 Å². The lowest BCUT2D eigenvalue weighted by atomic mass is 9.74. The van der Waals surface area contributed by atoms with E-state index in [-0.39, 0.29) is 17.2 Å². The lowest BCUT2D eigenvalue weighted by Gasteiger charge is -2.38. The van der Waals surface area contributed by atoms with E-state index >= 15 is 0 Å². The molecule has 3 nitrogen and oxygen atoms in total. The zero-order valence-corrected chi connectivity index (χ0v) is 13.6. The molecule has 1 aromatic carbocycles. The summed E-state index contributed by atoms with van der Waals surface area (Å²) in [6.45, 7) is 6.15. The zero-order chi connectivity index (χ0) is 15.3. The second-order valence-electron chi connectivity index (χ2n) is 5.93. The average Bonchev–Trinajstić information content (AvgIpc) is 2.53. The van der Waals surface area contributed by atoms with Crippen molar-refractivity contribution in [1.82, 2.24) is 5.32 Å². The van der Waals surface area contributed by atoms with Crippen LogP contribution < -0.4 is 5.32 Å². The monoisotopic (exact) mass is 309 g/mol. The minimum atomic E-state index is -0.0358. The van der Waals surface area contributed by atoms with Gasteiger partial charge in [-0.1, -0.05) is 37.6 Å². The molecule has 2 rings (SSSR count). The van der Waals surface area contributed by atoms with Crippen LogP contribution in [0.3, 0.4) is 0 Å². The number of hydrogen-bond donors (Lipinski definition) is 1. The molecule has 0 aliphatic carbocycles. The number of hydrogen-bond acceptors (Lipinski definition) is 2. The molecule has 1 heterocycles. The topological polar surface area (TPSA) is 38.3 Å². The van der Waals surface area contributed by atoms with E-state index in [1.54, 1.807) is 0 Å². The third-order valence-corrected chi connectivity index (χ3v) is 4.82. The van der Waals surface area contributed by atoms with Gasteiger partial charge in [0.05, 0.1) is 0 Å². The van der Waals surface area contributed by atoms with Crippen LogP contribution in [0.15, 0.2) is 24.3 Å². The third-order valence-electron chi connectivity index (χ3n) is 4.57. The lowest BCUT2D eigenvalue weighted by molar-refractivity contribution is -0.125. The van der Waals surface area contributed by atoms with E-state index in [4.69, 9.17) is 16.3 Å². The van der Waals surface area contributed by atoms with Crippen molar-refractivity contribution < 1.29 is 9.53 Å². The van der Waals surface area contributed by atoms with E-state index in [1.807, 2.05) is 26.0 Å². The second kappa shape index (κ2) is 7.28. The van der Waals surface area contributed by atoms with Crippen LogP contribution in [0.25, 0.3) is 0 Å². The maximum atomic E-state index is 12.1. The first-order chi connectivity index (χ1) is 10.1. The molecule has 0 saturated carbocycles. The van der Waals surface area contributed by atoms with Crippen molar-refractivity contribution in [3.8, 4) is 0 Å². The largest absolute Gasteiger partial charge is 0.381 e. The molecule has 21 heavy (non-hydrogen) atoms. The fourth-order valence-corrected chi connectivity index (χ4v) is 2.88. The van der Waals surface area contributed by atoms with Crippen LogP contribution in [0.5, 0.6) is 0 Å². The molecule has 0 spiro atoms. The molecule has 1 aromatic rings. The zero-order valence-electron chi connectivity index (χ0n) is 12.8. The van der Waals surface area contributed by atoms with Gasteiger partial charge < -0.3 is 10.1 Å². The van der Waals surface area contributed by atoms with Gasteiger partial charge >= 0.3 is 0 Å². The minimum absolute atomic E-state index is 0.0358. The van der Waals surface area contributed by atoms with Crippen molar-refractivity contribution in [3.63, 3.8) is 0 Å². The SMILES string of the molecule is CCC(C)C(=O)NCC1(c2ccc(Cl)cc2)CCOCC1. The van der Waals surface area contributed by atoms with Crippen LogP contribution in [-0.4, -0.2) is 25.7 Å². The highest BCUT2D eigenvalue weighted by atomic mass is 35.5. The molecule has 1 saturated heterocycles. The summed E-state index contributed by atoms with van der Waals surface area (Å²) in [7, 11) is 0. The van der Waals surface area contributed by atoms with Crippen molar-refractivity contribution in [1.29, 1.82) is 0 Å². The van der Waals surface area contributed by atoms with Crippen molar-refractivity contribution in [2.75, 3.05) is 19.8 Å². The van der Waals surface area contributed by atoms with Gasteiger partial charge in [0.15, 0.2) is 0 Å². The van der Waals surface area contributed by atoms with E-state index in [0.717, 1.165) is 37.5 Å². The lowest BCUT2D eigenvalue weighted by Crippen LogP contribution is -2.45. The molecule has 0 bridgehead atoms. The first-order valence-corrected chi connectivity index (χ1v) is 8.07. The van der Waals surface area contributed by atoms with E-state index in [9.17, 15) is 4.79 Å².